The Bertz CT molecular complexity index is 800. The van der Waals surface area contributed by atoms with E-state index in [-0.39, 0.29) is 42.4 Å². The third-order valence-corrected chi connectivity index (χ3v) is 4.16. The average Bonchev–Trinajstić information content (AvgIpc) is 2.94. The van der Waals surface area contributed by atoms with Crippen LogP contribution in [0.4, 0.5) is 10.1 Å². The number of carbonyl (C=O) groups excluding carboxylic acids is 3. The average molecular weight is 340 g/mol. The molecule has 0 bridgehead atoms. The van der Waals surface area contributed by atoms with Gasteiger partial charge in [-0.05, 0) is 48.9 Å². The Morgan fingerprint density at radius 2 is 1.56 bits per heavy atom. The molecule has 3 rings (SSSR count). The second kappa shape index (κ2) is 6.84. The van der Waals surface area contributed by atoms with E-state index in [9.17, 15) is 18.8 Å². The van der Waals surface area contributed by atoms with Gasteiger partial charge >= 0.3 is 0 Å². The Balaban J connectivity index is 1.69. The van der Waals surface area contributed by atoms with Gasteiger partial charge in [0.1, 0.15) is 5.82 Å². The van der Waals surface area contributed by atoms with Crippen LogP contribution in [-0.2, 0) is 9.59 Å². The first-order chi connectivity index (χ1) is 12.0. The third kappa shape index (κ3) is 3.57. The lowest BCUT2D eigenvalue weighted by molar-refractivity contribution is -0.121. The molecule has 25 heavy (non-hydrogen) atoms. The molecule has 2 aromatic rings. The number of amides is 3. The lowest BCUT2D eigenvalue weighted by Crippen LogP contribution is -2.29. The minimum Gasteiger partial charge on any atom is -0.346 e. The van der Waals surface area contributed by atoms with Gasteiger partial charge in [0, 0.05) is 18.4 Å². The van der Waals surface area contributed by atoms with Crippen LogP contribution in [0.2, 0.25) is 0 Å². The highest BCUT2D eigenvalue weighted by Gasteiger charge is 2.30. The molecule has 0 spiro atoms. The fourth-order valence-electron chi connectivity index (χ4n) is 2.74. The second-order valence-corrected chi connectivity index (χ2v) is 5.92. The zero-order valence-corrected chi connectivity index (χ0v) is 13.7. The molecule has 0 aliphatic carbocycles. The summed E-state index contributed by atoms with van der Waals surface area (Å²) >= 11 is 0. The maximum atomic E-state index is 13.0. The van der Waals surface area contributed by atoms with Gasteiger partial charge in [0.15, 0.2) is 0 Å². The zero-order valence-electron chi connectivity index (χ0n) is 13.7. The Hall–Kier alpha value is -3.02. The summed E-state index contributed by atoms with van der Waals surface area (Å²) in [5.41, 5.74) is 1.67. The Morgan fingerprint density at radius 1 is 1.00 bits per heavy atom. The fourth-order valence-corrected chi connectivity index (χ4v) is 2.74. The molecule has 1 unspecified atom stereocenters. The van der Waals surface area contributed by atoms with Crippen LogP contribution in [0.5, 0.6) is 0 Å². The van der Waals surface area contributed by atoms with Gasteiger partial charge in [0.2, 0.25) is 11.8 Å². The summed E-state index contributed by atoms with van der Waals surface area (Å²) in [6.07, 6.45) is 0.437. The number of hydrogen-bond donors (Lipinski definition) is 1. The molecule has 1 heterocycles. The first-order valence-corrected chi connectivity index (χ1v) is 7.98. The van der Waals surface area contributed by atoms with Gasteiger partial charge in [-0.2, -0.15) is 0 Å². The van der Waals surface area contributed by atoms with Crippen LogP contribution in [0.1, 0.15) is 41.7 Å². The van der Waals surface area contributed by atoms with Crippen LogP contribution in [0.15, 0.2) is 48.5 Å². The summed E-state index contributed by atoms with van der Waals surface area (Å²) in [6.45, 7) is 1.81. The SMILES string of the molecule is CC(NC(=O)c1ccc(N2C(=O)CCC2=O)cc1)c1ccc(F)cc1. The number of nitrogens with zero attached hydrogens (tertiary/aromatic N) is 1. The number of carbonyl (C=O) groups is 3. The molecule has 1 aliphatic heterocycles. The quantitative estimate of drug-likeness (QED) is 0.870. The molecule has 128 valence electrons. The van der Waals surface area contributed by atoms with Crippen molar-refractivity contribution in [1.29, 1.82) is 0 Å². The van der Waals surface area contributed by atoms with Gasteiger partial charge < -0.3 is 5.32 Å². The number of benzene rings is 2. The Morgan fingerprint density at radius 3 is 2.12 bits per heavy atom. The topological polar surface area (TPSA) is 66.5 Å². The van der Waals surface area contributed by atoms with Crippen molar-refractivity contribution in [3.05, 3.63) is 65.5 Å². The number of hydrogen-bond acceptors (Lipinski definition) is 3. The normalized spacial score (nSPS) is 15.4. The maximum absolute atomic E-state index is 13.0. The third-order valence-electron chi connectivity index (χ3n) is 4.16. The number of rotatable bonds is 4. The molecule has 1 saturated heterocycles. The van der Waals surface area contributed by atoms with Gasteiger partial charge in [0.25, 0.3) is 5.91 Å². The maximum Gasteiger partial charge on any atom is 0.251 e. The lowest BCUT2D eigenvalue weighted by Gasteiger charge is -2.16. The number of nitrogens with one attached hydrogen (secondary N) is 1. The minimum absolute atomic E-state index is 0.219. The van der Waals surface area contributed by atoms with E-state index in [2.05, 4.69) is 5.32 Å². The van der Waals surface area contributed by atoms with Gasteiger partial charge in [-0.15, -0.1) is 0 Å². The van der Waals surface area contributed by atoms with E-state index in [1.54, 1.807) is 43.3 Å². The Kier molecular flexibility index (Phi) is 4.61. The molecular weight excluding hydrogens is 323 g/mol. The monoisotopic (exact) mass is 340 g/mol. The van der Waals surface area contributed by atoms with E-state index in [1.807, 2.05) is 0 Å². The van der Waals surface area contributed by atoms with E-state index < -0.39 is 0 Å². The van der Waals surface area contributed by atoms with E-state index in [1.165, 1.54) is 12.1 Å². The zero-order chi connectivity index (χ0) is 18.0. The van der Waals surface area contributed by atoms with Gasteiger partial charge in [-0.1, -0.05) is 12.1 Å². The van der Waals surface area contributed by atoms with Crippen molar-refractivity contribution in [3.8, 4) is 0 Å². The largest absolute Gasteiger partial charge is 0.346 e. The molecule has 3 amide bonds. The molecule has 6 heteroatoms. The molecule has 1 fully saturated rings. The molecule has 0 radical (unpaired) electrons. The highest BCUT2D eigenvalue weighted by atomic mass is 19.1. The molecule has 1 N–H and O–H groups in total. The molecule has 1 aliphatic rings. The highest BCUT2D eigenvalue weighted by Crippen LogP contribution is 2.23. The van der Waals surface area contributed by atoms with Crippen molar-refractivity contribution in [3.63, 3.8) is 0 Å². The molecule has 2 aromatic carbocycles. The van der Waals surface area contributed by atoms with Crippen LogP contribution in [0.25, 0.3) is 0 Å². The van der Waals surface area contributed by atoms with E-state index >= 15 is 0 Å². The van der Waals surface area contributed by atoms with Crippen molar-refractivity contribution in [1.82, 2.24) is 5.32 Å². The van der Waals surface area contributed by atoms with Crippen molar-refractivity contribution in [2.45, 2.75) is 25.8 Å². The summed E-state index contributed by atoms with van der Waals surface area (Å²) < 4.78 is 13.0. The first kappa shape index (κ1) is 16.8. The van der Waals surface area contributed by atoms with Gasteiger partial charge in [-0.25, -0.2) is 4.39 Å². The smallest absolute Gasteiger partial charge is 0.251 e. The van der Waals surface area contributed by atoms with Crippen molar-refractivity contribution in [2.75, 3.05) is 4.90 Å². The Labute approximate surface area is 144 Å². The van der Waals surface area contributed by atoms with Crippen LogP contribution in [-0.4, -0.2) is 17.7 Å². The second-order valence-electron chi connectivity index (χ2n) is 5.92. The van der Waals surface area contributed by atoms with E-state index in [0.29, 0.717) is 11.3 Å². The van der Waals surface area contributed by atoms with Crippen molar-refractivity contribution in [2.24, 2.45) is 0 Å². The van der Waals surface area contributed by atoms with Gasteiger partial charge in [0.05, 0.1) is 11.7 Å². The van der Waals surface area contributed by atoms with Crippen LogP contribution >= 0.6 is 0 Å². The molecule has 1 atom stereocenters. The summed E-state index contributed by atoms with van der Waals surface area (Å²) in [5, 5.41) is 2.83. The summed E-state index contributed by atoms with van der Waals surface area (Å²) in [6, 6.07) is 11.9. The van der Waals surface area contributed by atoms with E-state index in [4.69, 9.17) is 0 Å². The molecule has 0 saturated carbocycles. The predicted molar refractivity (Wildman–Crippen MR) is 90.5 cm³/mol. The lowest BCUT2D eigenvalue weighted by atomic mass is 10.1. The van der Waals surface area contributed by atoms with Crippen LogP contribution in [0.3, 0.4) is 0 Å². The molecule has 0 aromatic heterocycles. The number of imide groups is 1. The summed E-state index contributed by atoms with van der Waals surface area (Å²) in [5.74, 6) is -1.08. The standard InChI is InChI=1S/C19H17FN2O3/c1-12(13-2-6-15(20)7-3-13)21-19(25)14-4-8-16(9-5-14)22-17(23)10-11-18(22)24/h2-9,12H,10-11H2,1H3,(H,21,25). The molecular formula is C19H17FN2O3. The van der Waals surface area contributed by atoms with Crippen molar-refractivity contribution < 1.29 is 18.8 Å². The van der Waals surface area contributed by atoms with Gasteiger partial charge in [-0.3, -0.25) is 19.3 Å². The number of halogens is 1. The summed E-state index contributed by atoms with van der Waals surface area (Å²) in [7, 11) is 0. The van der Waals surface area contributed by atoms with E-state index in [0.717, 1.165) is 10.5 Å². The summed E-state index contributed by atoms with van der Waals surface area (Å²) in [4.78, 5) is 36.9. The fraction of sp³-hybridized carbons (Fsp3) is 0.211. The van der Waals surface area contributed by atoms with Crippen LogP contribution in [0, 0.1) is 5.82 Å². The molecule has 5 nitrogen and oxygen atoms in total. The predicted octanol–water partition coefficient (Wildman–Crippen LogP) is 2.97. The van der Waals surface area contributed by atoms with Crippen molar-refractivity contribution >= 4 is 23.4 Å². The van der Waals surface area contributed by atoms with Crippen LogP contribution < -0.4 is 10.2 Å². The number of anilines is 1. The first-order valence-electron chi connectivity index (χ1n) is 7.98. The highest BCUT2D eigenvalue weighted by molar-refractivity contribution is 6.19. The minimum atomic E-state index is -0.330.